The second-order valence-electron chi connectivity index (χ2n) is 15.9. The van der Waals surface area contributed by atoms with Gasteiger partial charge in [-0.3, -0.25) is 18.6 Å². The van der Waals surface area contributed by atoms with E-state index in [1.165, 1.54) is 70.6 Å². The fourth-order valence-corrected chi connectivity index (χ4v) is 6.43. The number of ether oxygens (including phenoxy) is 2. The third-order valence-corrected chi connectivity index (χ3v) is 10.2. The van der Waals surface area contributed by atoms with Gasteiger partial charge in [-0.2, -0.15) is 0 Å². The molecule has 330 valence electrons. The fourth-order valence-electron chi connectivity index (χ4n) is 5.69. The average Bonchev–Trinajstić information content (AvgIpc) is 3.15. The first-order valence-corrected chi connectivity index (χ1v) is 23.6. The highest BCUT2D eigenvalue weighted by Gasteiger charge is 2.27. The van der Waals surface area contributed by atoms with Crippen LogP contribution in [0.3, 0.4) is 0 Å². The number of quaternary nitrogens is 1. The van der Waals surface area contributed by atoms with Crippen LogP contribution in [0.5, 0.6) is 0 Å². The molecule has 0 aromatic rings. The molecule has 0 spiro atoms. The van der Waals surface area contributed by atoms with Gasteiger partial charge in [0.1, 0.15) is 19.8 Å². The molecule has 0 radical (unpaired) electrons. The molecule has 0 aliphatic heterocycles. The summed E-state index contributed by atoms with van der Waals surface area (Å²) < 4.78 is 34.1. The van der Waals surface area contributed by atoms with Gasteiger partial charge in [0.25, 0.3) is 0 Å². The van der Waals surface area contributed by atoms with Crippen LogP contribution in [0.4, 0.5) is 0 Å². The van der Waals surface area contributed by atoms with Crippen LogP contribution in [-0.4, -0.2) is 86.1 Å². The molecule has 0 aliphatic rings. The largest absolute Gasteiger partial charge is 0.472 e. The quantitative estimate of drug-likeness (QED) is 0.0155. The summed E-state index contributed by atoms with van der Waals surface area (Å²) in [5.74, 6) is -1.00. The van der Waals surface area contributed by atoms with Gasteiger partial charge in [0.05, 0.1) is 33.9 Å². The van der Waals surface area contributed by atoms with Crippen molar-refractivity contribution in [1.82, 2.24) is 0 Å². The van der Waals surface area contributed by atoms with Gasteiger partial charge in [0.2, 0.25) is 0 Å². The van der Waals surface area contributed by atoms with Crippen molar-refractivity contribution in [3.05, 3.63) is 60.8 Å². The van der Waals surface area contributed by atoms with Crippen LogP contribution in [0.25, 0.3) is 0 Å². The molecule has 10 nitrogen and oxygen atoms in total. The molecule has 0 saturated carbocycles. The molecule has 0 aromatic carbocycles. The number of likely N-dealkylation sites (N-methyl/N-ethyl adjacent to an activating group) is 1. The minimum Gasteiger partial charge on any atom is -0.462 e. The maximum absolute atomic E-state index is 12.7. The van der Waals surface area contributed by atoms with Crippen molar-refractivity contribution in [2.45, 2.75) is 174 Å². The summed E-state index contributed by atoms with van der Waals surface area (Å²) in [7, 11) is 1.35. The summed E-state index contributed by atoms with van der Waals surface area (Å²) in [6.07, 6.45) is 41.6. The number of esters is 2. The lowest BCUT2D eigenvalue weighted by molar-refractivity contribution is -0.870. The SMILES string of the molecule is CC/C=C\C/C=C\C/C=C\C/C=C\C=C\C(O)CCCC(=O)O[C@H](COC(=O)CCCCCCCCCCCCCCCCC)COP(=O)(O)OCC[N+](C)(C)C. The zero-order valence-electron chi connectivity index (χ0n) is 36.7. The first-order chi connectivity index (χ1) is 27.4. The number of phosphoric ester groups is 1. The fraction of sp³-hybridized carbons (Fsp3) is 0.739. The summed E-state index contributed by atoms with van der Waals surface area (Å²) in [6.45, 7) is 4.07. The van der Waals surface area contributed by atoms with Gasteiger partial charge in [-0.05, 0) is 44.9 Å². The monoisotopic (exact) mass is 825 g/mol. The molecular weight excluding hydrogens is 741 g/mol. The third-order valence-electron chi connectivity index (χ3n) is 9.17. The van der Waals surface area contributed by atoms with E-state index in [0.717, 1.165) is 44.9 Å². The lowest BCUT2D eigenvalue weighted by Crippen LogP contribution is -2.37. The standard InChI is InChI=1S/C46H82NO9P/c1-6-8-10-12-14-16-18-20-21-23-25-27-29-31-33-37-45(49)53-41-44(42-55-57(51,52)54-40-39-47(3,4)5)56-46(50)38-34-36-43(48)35-32-30-28-26-24-22-19-17-15-13-11-9-7-2/h9,11,15,17,22,24,28,30,32,35,43-44,48H,6-8,10,12-14,16,18-21,23,25-27,29,31,33-34,36-42H2,1-5H3/p+1/b11-9-,17-15-,24-22-,30-28-,35-32+/t43?,44-/m1/s1. The lowest BCUT2D eigenvalue weighted by Gasteiger charge is -2.24. The molecule has 0 bridgehead atoms. The molecule has 3 atom stereocenters. The molecule has 0 saturated heterocycles. The zero-order chi connectivity index (χ0) is 42.3. The van der Waals surface area contributed by atoms with Crippen LogP contribution in [-0.2, 0) is 32.7 Å². The van der Waals surface area contributed by atoms with Gasteiger partial charge in [0.15, 0.2) is 6.10 Å². The molecule has 0 aromatic heterocycles. The predicted molar refractivity (Wildman–Crippen MR) is 235 cm³/mol. The van der Waals surface area contributed by atoms with E-state index < -0.39 is 38.6 Å². The molecule has 0 fully saturated rings. The number of aliphatic hydroxyl groups is 1. The van der Waals surface area contributed by atoms with E-state index in [4.69, 9.17) is 18.5 Å². The van der Waals surface area contributed by atoms with E-state index >= 15 is 0 Å². The van der Waals surface area contributed by atoms with E-state index in [2.05, 4.69) is 50.3 Å². The Balaban J connectivity index is 4.56. The second-order valence-corrected chi connectivity index (χ2v) is 17.4. The van der Waals surface area contributed by atoms with Crippen molar-refractivity contribution in [2.75, 3.05) is 47.5 Å². The van der Waals surface area contributed by atoms with E-state index in [-0.39, 0.29) is 26.1 Å². The number of carbonyl (C=O) groups is 2. The summed E-state index contributed by atoms with van der Waals surface area (Å²) in [4.78, 5) is 35.4. The second kappa shape index (κ2) is 37.9. The minimum absolute atomic E-state index is 0.00493. The van der Waals surface area contributed by atoms with Gasteiger partial charge in [-0.15, -0.1) is 0 Å². The number of rotatable bonds is 39. The van der Waals surface area contributed by atoms with E-state index in [0.29, 0.717) is 30.3 Å². The van der Waals surface area contributed by atoms with Crippen molar-refractivity contribution in [1.29, 1.82) is 0 Å². The lowest BCUT2D eigenvalue weighted by atomic mass is 10.0. The van der Waals surface area contributed by atoms with Crippen molar-refractivity contribution in [3.8, 4) is 0 Å². The molecule has 11 heteroatoms. The highest BCUT2D eigenvalue weighted by atomic mass is 31.2. The molecule has 0 rings (SSSR count). The topological polar surface area (TPSA) is 129 Å². The molecule has 2 unspecified atom stereocenters. The molecule has 57 heavy (non-hydrogen) atoms. The maximum atomic E-state index is 12.7. The van der Waals surface area contributed by atoms with Gasteiger partial charge in [0, 0.05) is 12.8 Å². The van der Waals surface area contributed by atoms with Crippen molar-refractivity contribution < 1.29 is 47.2 Å². The van der Waals surface area contributed by atoms with E-state index in [1.807, 2.05) is 33.3 Å². The van der Waals surface area contributed by atoms with Crippen molar-refractivity contribution in [3.63, 3.8) is 0 Å². The van der Waals surface area contributed by atoms with Gasteiger partial charge in [-0.25, -0.2) is 4.57 Å². The van der Waals surface area contributed by atoms with E-state index in [9.17, 15) is 24.2 Å². The third kappa shape index (κ3) is 41.6. The van der Waals surface area contributed by atoms with Crippen LogP contribution in [0.2, 0.25) is 0 Å². The highest BCUT2D eigenvalue weighted by molar-refractivity contribution is 7.47. The molecule has 0 aliphatic carbocycles. The Morgan fingerprint density at radius 1 is 0.632 bits per heavy atom. The summed E-state index contributed by atoms with van der Waals surface area (Å²) in [6, 6.07) is 0. The smallest absolute Gasteiger partial charge is 0.462 e. The van der Waals surface area contributed by atoms with Gasteiger partial charge in [-0.1, -0.05) is 164 Å². The van der Waals surface area contributed by atoms with Gasteiger partial charge < -0.3 is 24.0 Å². The van der Waals surface area contributed by atoms with Crippen molar-refractivity contribution >= 4 is 19.8 Å². The number of unbranched alkanes of at least 4 members (excludes halogenated alkanes) is 14. The molecule has 0 heterocycles. The minimum atomic E-state index is -4.43. The summed E-state index contributed by atoms with van der Waals surface area (Å²) in [5, 5.41) is 10.3. The first kappa shape index (κ1) is 54.7. The Hall–Kier alpha value is -2.33. The molecular formula is C46H83NO9P+. The Morgan fingerprint density at radius 2 is 1.14 bits per heavy atom. The first-order valence-electron chi connectivity index (χ1n) is 22.1. The number of allylic oxidation sites excluding steroid dienone is 9. The Bertz CT molecular complexity index is 1170. The predicted octanol–water partition coefficient (Wildman–Crippen LogP) is 11.4. The number of phosphoric acid groups is 1. The van der Waals surface area contributed by atoms with Crippen LogP contribution < -0.4 is 0 Å². The number of aliphatic hydroxyl groups excluding tert-OH is 1. The number of nitrogens with zero attached hydrogens (tertiary/aromatic N) is 1. The zero-order valence-corrected chi connectivity index (χ0v) is 37.6. The number of carbonyl (C=O) groups excluding carboxylic acids is 2. The van der Waals surface area contributed by atoms with Crippen LogP contribution in [0, 0.1) is 0 Å². The summed E-state index contributed by atoms with van der Waals surface area (Å²) in [5.41, 5.74) is 0. The molecule has 2 N–H and O–H groups in total. The van der Waals surface area contributed by atoms with Crippen LogP contribution >= 0.6 is 7.82 Å². The van der Waals surface area contributed by atoms with Crippen molar-refractivity contribution in [2.24, 2.45) is 0 Å². The maximum Gasteiger partial charge on any atom is 0.472 e. The Labute approximate surface area is 348 Å². The highest BCUT2D eigenvalue weighted by Crippen LogP contribution is 2.43. The normalized spacial score (nSPS) is 14.7. The van der Waals surface area contributed by atoms with E-state index in [1.54, 1.807) is 12.2 Å². The number of hydrogen-bond acceptors (Lipinski definition) is 8. The number of hydrogen-bond donors (Lipinski definition) is 2. The average molecular weight is 825 g/mol. The molecule has 0 amide bonds. The van der Waals surface area contributed by atoms with Crippen LogP contribution in [0.1, 0.15) is 162 Å². The summed E-state index contributed by atoms with van der Waals surface area (Å²) >= 11 is 0. The van der Waals surface area contributed by atoms with Crippen LogP contribution in [0.15, 0.2) is 60.8 Å². The van der Waals surface area contributed by atoms with Gasteiger partial charge >= 0.3 is 19.8 Å². The Kier molecular flexibility index (Phi) is 36.4. The Morgan fingerprint density at radius 3 is 1.68 bits per heavy atom.